The summed E-state index contributed by atoms with van der Waals surface area (Å²) in [6.45, 7) is 1.63. The summed E-state index contributed by atoms with van der Waals surface area (Å²) >= 11 is 0. The number of fused-ring (bicyclic) bond motifs is 1. The number of carbonyl (C=O) groups excluding carboxylic acids is 2. The van der Waals surface area contributed by atoms with Crippen LogP contribution in [0, 0.1) is 0 Å². The van der Waals surface area contributed by atoms with E-state index in [2.05, 4.69) is 10.4 Å². The fourth-order valence-electron chi connectivity index (χ4n) is 2.19. The van der Waals surface area contributed by atoms with Gasteiger partial charge in [-0.1, -0.05) is 18.2 Å². The number of esters is 1. The molecular formula is C16H15N3O4. The van der Waals surface area contributed by atoms with Crippen LogP contribution in [0.2, 0.25) is 0 Å². The van der Waals surface area contributed by atoms with Crippen molar-refractivity contribution in [1.82, 2.24) is 15.1 Å². The van der Waals surface area contributed by atoms with Crippen molar-refractivity contribution in [3.05, 3.63) is 48.4 Å². The summed E-state index contributed by atoms with van der Waals surface area (Å²) in [7, 11) is 1.52. The quantitative estimate of drug-likeness (QED) is 0.524. The number of hydrogen-bond acceptors (Lipinski definition) is 5. The monoisotopic (exact) mass is 313 g/mol. The highest BCUT2D eigenvalue weighted by Crippen LogP contribution is 2.19. The van der Waals surface area contributed by atoms with Crippen molar-refractivity contribution in [2.24, 2.45) is 0 Å². The van der Waals surface area contributed by atoms with E-state index < -0.39 is 12.3 Å². The smallest absolute Gasteiger partial charge is 0.336 e. The predicted molar refractivity (Wildman–Crippen MR) is 82.8 cm³/mol. The molecule has 0 saturated carbocycles. The third-order valence-corrected chi connectivity index (χ3v) is 3.41. The van der Waals surface area contributed by atoms with Gasteiger partial charge in [0.2, 0.25) is 0 Å². The van der Waals surface area contributed by atoms with E-state index in [0.29, 0.717) is 5.57 Å². The van der Waals surface area contributed by atoms with E-state index >= 15 is 0 Å². The van der Waals surface area contributed by atoms with E-state index in [4.69, 9.17) is 9.47 Å². The van der Waals surface area contributed by atoms with Crippen LogP contribution in [-0.4, -0.2) is 35.0 Å². The van der Waals surface area contributed by atoms with Gasteiger partial charge in [-0.05, 0) is 13.0 Å². The number of amides is 1. The summed E-state index contributed by atoms with van der Waals surface area (Å²) in [6, 6.07) is 7.48. The number of nitrogens with zero attached hydrogens (tertiary/aromatic N) is 2. The molecule has 118 valence electrons. The van der Waals surface area contributed by atoms with Gasteiger partial charge >= 0.3 is 5.97 Å². The van der Waals surface area contributed by atoms with Gasteiger partial charge in [0.15, 0.2) is 5.70 Å². The third kappa shape index (κ3) is 2.80. The van der Waals surface area contributed by atoms with Crippen molar-refractivity contribution >= 4 is 28.5 Å². The fraction of sp³-hybridized carbons (Fsp3) is 0.188. The second kappa shape index (κ2) is 5.96. The van der Waals surface area contributed by atoms with Gasteiger partial charge in [-0.2, -0.15) is 5.10 Å². The van der Waals surface area contributed by atoms with Gasteiger partial charge in [0, 0.05) is 24.1 Å². The van der Waals surface area contributed by atoms with Crippen LogP contribution in [-0.2, 0) is 19.1 Å². The summed E-state index contributed by atoms with van der Waals surface area (Å²) in [5, 5.41) is 7.66. The number of carbonyl (C=O) groups is 2. The Morgan fingerprint density at radius 2 is 2.22 bits per heavy atom. The molecule has 3 rings (SSSR count). The molecule has 7 nitrogen and oxygen atoms in total. The van der Waals surface area contributed by atoms with Crippen LogP contribution in [0.25, 0.3) is 16.6 Å². The molecule has 0 fully saturated rings. The highest BCUT2D eigenvalue weighted by molar-refractivity contribution is 6.14. The number of para-hydroxylation sites is 1. The third-order valence-electron chi connectivity index (χ3n) is 3.41. The van der Waals surface area contributed by atoms with E-state index in [-0.39, 0.29) is 11.6 Å². The minimum absolute atomic E-state index is 0.183. The second-order valence-corrected chi connectivity index (χ2v) is 4.96. The van der Waals surface area contributed by atoms with Gasteiger partial charge in [-0.3, -0.25) is 4.79 Å². The summed E-state index contributed by atoms with van der Waals surface area (Å²) in [5.74, 6) is -0.807. The largest absolute Gasteiger partial charge is 0.456 e. The van der Waals surface area contributed by atoms with Crippen molar-refractivity contribution in [2.75, 3.05) is 7.05 Å². The highest BCUT2D eigenvalue weighted by Gasteiger charge is 2.23. The normalized spacial score (nSPS) is 17.8. The van der Waals surface area contributed by atoms with Crippen LogP contribution in [0.5, 0.6) is 0 Å². The van der Waals surface area contributed by atoms with Crippen LogP contribution in [0.1, 0.15) is 6.92 Å². The van der Waals surface area contributed by atoms with Gasteiger partial charge in [0.05, 0.1) is 11.7 Å². The van der Waals surface area contributed by atoms with Crippen LogP contribution >= 0.6 is 0 Å². The van der Waals surface area contributed by atoms with E-state index in [0.717, 1.165) is 10.9 Å². The Hall–Kier alpha value is -3.09. The SMILES string of the molecule is CNC(=O)/C(=C/OC1C=C(C)C(=O)O1)n1ncc2ccccc21. The van der Waals surface area contributed by atoms with Gasteiger partial charge in [0.25, 0.3) is 12.2 Å². The van der Waals surface area contributed by atoms with E-state index in [1.54, 1.807) is 19.2 Å². The van der Waals surface area contributed by atoms with Crippen molar-refractivity contribution in [3.8, 4) is 0 Å². The first-order chi connectivity index (χ1) is 11.1. The maximum atomic E-state index is 12.1. The Morgan fingerprint density at radius 1 is 1.43 bits per heavy atom. The molecule has 23 heavy (non-hydrogen) atoms. The molecule has 0 aliphatic carbocycles. The molecule has 1 amide bonds. The molecule has 1 aliphatic rings. The van der Waals surface area contributed by atoms with Crippen LogP contribution in [0.15, 0.2) is 48.4 Å². The van der Waals surface area contributed by atoms with Crippen molar-refractivity contribution in [1.29, 1.82) is 0 Å². The molecule has 1 atom stereocenters. The first-order valence-electron chi connectivity index (χ1n) is 7.00. The second-order valence-electron chi connectivity index (χ2n) is 4.96. The average Bonchev–Trinajstić information content (AvgIpc) is 3.11. The number of aromatic nitrogens is 2. The number of hydrogen-bond donors (Lipinski definition) is 1. The molecule has 1 unspecified atom stereocenters. The Kier molecular flexibility index (Phi) is 3.84. The van der Waals surface area contributed by atoms with E-state index in [1.807, 2.05) is 24.3 Å². The maximum absolute atomic E-state index is 12.1. The number of benzene rings is 1. The Balaban J connectivity index is 1.94. The molecule has 2 heterocycles. The molecule has 1 N–H and O–H groups in total. The Bertz CT molecular complexity index is 835. The molecular weight excluding hydrogens is 298 g/mol. The molecule has 0 spiro atoms. The van der Waals surface area contributed by atoms with E-state index in [1.165, 1.54) is 18.0 Å². The number of cyclic esters (lactones) is 1. The lowest BCUT2D eigenvalue weighted by molar-refractivity contribution is -0.152. The molecule has 0 bridgehead atoms. The zero-order valence-corrected chi connectivity index (χ0v) is 12.6. The first-order valence-corrected chi connectivity index (χ1v) is 7.00. The maximum Gasteiger partial charge on any atom is 0.336 e. The molecule has 7 heteroatoms. The van der Waals surface area contributed by atoms with Crippen molar-refractivity contribution in [3.63, 3.8) is 0 Å². The summed E-state index contributed by atoms with van der Waals surface area (Å²) in [4.78, 5) is 23.5. The Labute approximate surface area is 132 Å². The fourth-order valence-corrected chi connectivity index (χ4v) is 2.19. The number of ether oxygens (including phenoxy) is 2. The number of rotatable bonds is 4. The lowest BCUT2D eigenvalue weighted by Crippen LogP contribution is -2.24. The van der Waals surface area contributed by atoms with Gasteiger partial charge in [-0.15, -0.1) is 0 Å². The van der Waals surface area contributed by atoms with Crippen LogP contribution in [0.3, 0.4) is 0 Å². The first kappa shape index (κ1) is 14.8. The standard InChI is InChI=1S/C16H15N3O4/c1-10-7-14(23-16(10)21)22-9-13(15(20)17-2)19-12-6-4-3-5-11(12)8-18-19/h3-9,14H,1-2H3,(H,17,20)/b13-9-. The minimum atomic E-state index is -0.844. The van der Waals surface area contributed by atoms with Crippen molar-refractivity contribution in [2.45, 2.75) is 13.2 Å². The lowest BCUT2D eigenvalue weighted by Gasteiger charge is -2.11. The average molecular weight is 313 g/mol. The van der Waals surface area contributed by atoms with E-state index in [9.17, 15) is 9.59 Å². The summed E-state index contributed by atoms with van der Waals surface area (Å²) in [6.07, 6.45) is 3.60. The summed E-state index contributed by atoms with van der Waals surface area (Å²) < 4.78 is 11.9. The zero-order chi connectivity index (χ0) is 16.4. The topological polar surface area (TPSA) is 82.5 Å². The van der Waals surface area contributed by atoms with Gasteiger partial charge in [-0.25, -0.2) is 9.48 Å². The van der Waals surface area contributed by atoms with Gasteiger partial charge < -0.3 is 14.8 Å². The molecule has 1 aromatic carbocycles. The highest BCUT2D eigenvalue weighted by atomic mass is 16.7. The molecule has 0 radical (unpaired) electrons. The van der Waals surface area contributed by atoms with Gasteiger partial charge in [0.1, 0.15) is 6.26 Å². The molecule has 1 aromatic heterocycles. The number of nitrogens with one attached hydrogen (secondary N) is 1. The van der Waals surface area contributed by atoms with Crippen LogP contribution in [0.4, 0.5) is 0 Å². The van der Waals surface area contributed by atoms with Crippen LogP contribution < -0.4 is 5.32 Å². The zero-order valence-electron chi connectivity index (χ0n) is 12.6. The predicted octanol–water partition coefficient (Wildman–Crippen LogP) is 1.43. The molecule has 2 aromatic rings. The summed E-state index contributed by atoms with van der Waals surface area (Å²) in [5.41, 5.74) is 1.42. The minimum Gasteiger partial charge on any atom is -0.456 e. The lowest BCUT2D eigenvalue weighted by atomic mass is 10.2. The van der Waals surface area contributed by atoms with Crippen molar-refractivity contribution < 1.29 is 19.1 Å². The molecule has 1 aliphatic heterocycles. The number of likely N-dealkylation sites (N-methyl/N-ethyl adjacent to an activating group) is 1. The Morgan fingerprint density at radius 3 is 2.91 bits per heavy atom. The molecule has 0 saturated heterocycles.